The van der Waals surface area contributed by atoms with Crippen molar-refractivity contribution in [1.29, 1.82) is 0 Å². The lowest BCUT2D eigenvalue weighted by Gasteiger charge is -2.35. The molecule has 1 aliphatic rings. The normalized spacial score (nSPS) is 16.5. The summed E-state index contributed by atoms with van der Waals surface area (Å²) in [5.74, 6) is 3.15. The summed E-state index contributed by atoms with van der Waals surface area (Å²) in [4.78, 5) is 7.20. The zero-order valence-electron chi connectivity index (χ0n) is 17.6. The maximum atomic E-state index is 5.51. The van der Waals surface area contributed by atoms with Gasteiger partial charge in [-0.15, -0.1) is 40.8 Å². The Hall–Kier alpha value is -1.20. The quantitative estimate of drug-likeness (QED) is 0.230. The number of rotatable bonds is 9. The molecule has 8 nitrogen and oxygen atoms in total. The van der Waals surface area contributed by atoms with E-state index in [1.807, 2.05) is 24.6 Å². The zero-order valence-corrected chi connectivity index (χ0v) is 20.0. The first kappa shape index (κ1) is 24.8. The molecule has 1 fully saturated rings. The Morgan fingerprint density at radius 2 is 2.00 bits per heavy atom. The number of aliphatic imine (C=N–C) groups is 1. The van der Waals surface area contributed by atoms with E-state index in [2.05, 4.69) is 51.1 Å². The van der Waals surface area contributed by atoms with Crippen LogP contribution in [0.25, 0.3) is 0 Å². The lowest BCUT2D eigenvalue weighted by Crippen LogP contribution is -2.51. The summed E-state index contributed by atoms with van der Waals surface area (Å²) in [7, 11) is 1.96. The minimum atomic E-state index is 0. The van der Waals surface area contributed by atoms with E-state index in [4.69, 9.17) is 4.74 Å². The second-order valence-corrected chi connectivity index (χ2v) is 7.37. The van der Waals surface area contributed by atoms with Gasteiger partial charge in [0, 0.05) is 39.3 Å². The summed E-state index contributed by atoms with van der Waals surface area (Å²) in [6.45, 7) is 15.9. The first-order valence-corrected chi connectivity index (χ1v) is 9.81. The molecule has 2 N–H and O–H groups in total. The molecule has 0 radical (unpaired) electrons. The minimum absolute atomic E-state index is 0. The highest BCUT2D eigenvalue weighted by Crippen LogP contribution is 2.13. The molecule has 1 unspecified atom stereocenters. The second-order valence-electron chi connectivity index (χ2n) is 7.37. The lowest BCUT2D eigenvalue weighted by molar-refractivity contribution is 0.0132. The fourth-order valence-electron chi connectivity index (χ4n) is 3.14. The van der Waals surface area contributed by atoms with E-state index in [0.29, 0.717) is 25.0 Å². The predicted octanol–water partition coefficient (Wildman–Crippen LogP) is 1.71. The Labute approximate surface area is 186 Å². The van der Waals surface area contributed by atoms with Crippen molar-refractivity contribution in [1.82, 2.24) is 30.3 Å². The summed E-state index contributed by atoms with van der Waals surface area (Å²) in [5.41, 5.74) is 0. The fraction of sp³-hybridized carbons (Fsp3) is 0.737. The number of aromatic nitrogens is 3. The maximum Gasteiger partial charge on any atom is 0.192 e. The zero-order chi connectivity index (χ0) is 19.6. The summed E-state index contributed by atoms with van der Waals surface area (Å²) < 4.78 is 7.47. The van der Waals surface area contributed by atoms with Crippen LogP contribution in [0.2, 0.25) is 0 Å². The number of hydrogen-bond donors (Lipinski definition) is 2. The third-order valence-corrected chi connectivity index (χ3v) is 4.79. The van der Waals surface area contributed by atoms with Crippen LogP contribution in [-0.2, 0) is 18.3 Å². The van der Waals surface area contributed by atoms with Gasteiger partial charge in [-0.1, -0.05) is 19.9 Å². The molecule has 0 aliphatic carbocycles. The van der Waals surface area contributed by atoms with E-state index in [1.54, 1.807) is 0 Å². The number of guanidine groups is 1. The Balaban J connectivity index is 0.00000392. The first-order valence-electron chi connectivity index (χ1n) is 9.81. The summed E-state index contributed by atoms with van der Waals surface area (Å²) in [5, 5.41) is 15.1. The molecule has 2 rings (SSSR count). The van der Waals surface area contributed by atoms with Gasteiger partial charge in [-0.3, -0.25) is 4.90 Å². The van der Waals surface area contributed by atoms with Gasteiger partial charge < -0.3 is 19.9 Å². The number of nitrogens with one attached hydrogen (secondary N) is 2. The Morgan fingerprint density at radius 1 is 1.29 bits per heavy atom. The number of aryl methyl sites for hydroxylation is 1. The maximum absolute atomic E-state index is 5.51. The number of hydrogen-bond acceptors (Lipinski definition) is 5. The molecule has 0 spiro atoms. The molecule has 1 aromatic heterocycles. The molecule has 160 valence electrons. The van der Waals surface area contributed by atoms with Crippen LogP contribution in [0.4, 0.5) is 0 Å². The van der Waals surface area contributed by atoms with Crippen LogP contribution >= 0.6 is 24.0 Å². The molecule has 0 saturated carbocycles. The number of ether oxygens (including phenoxy) is 1. The largest absolute Gasteiger partial charge is 0.379 e. The van der Waals surface area contributed by atoms with Crippen molar-refractivity contribution in [3.05, 3.63) is 24.3 Å². The van der Waals surface area contributed by atoms with Crippen molar-refractivity contribution < 1.29 is 4.74 Å². The van der Waals surface area contributed by atoms with Crippen LogP contribution in [0.3, 0.4) is 0 Å². The molecule has 0 bridgehead atoms. The highest BCUT2D eigenvalue weighted by atomic mass is 127. The van der Waals surface area contributed by atoms with Crippen LogP contribution in [0.1, 0.15) is 31.9 Å². The van der Waals surface area contributed by atoms with Crippen molar-refractivity contribution >= 4 is 29.9 Å². The molecule has 1 aliphatic heterocycles. The summed E-state index contributed by atoms with van der Waals surface area (Å²) >= 11 is 0. The highest BCUT2D eigenvalue weighted by Gasteiger charge is 2.22. The van der Waals surface area contributed by atoms with Gasteiger partial charge in [0.2, 0.25) is 0 Å². The molecular weight excluding hydrogens is 469 g/mol. The molecular formula is C19H36IN7O. The lowest BCUT2D eigenvalue weighted by atomic mass is 10.0. The van der Waals surface area contributed by atoms with Gasteiger partial charge in [-0.05, 0) is 19.3 Å². The van der Waals surface area contributed by atoms with Crippen LogP contribution in [0, 0.1) is 12.8 Å². The van der Waals surface area contributed by atoms with Gasteiger partial charge in [-0.25, -0.2) is 4.99 Å². The van der Waals surface area contributed by atoms with E-state index < -0.39 is 0 Å². The van der Waals surface area contributed by atoms with Gasteiger partial charge in [0.25, 0.3) is 0 Å². The predicted molar refractivity (Wildman–Crippen MR) is 124 cm³/mol. The Kier molecular flexibility index (Phi) is 11.6. The van der Waals surface area contributed by atoms with E-state index in [-0.39, 0.29) is 24.0 Å². The first-order chi connectivity index (χ1) is 13.0. The third kappa shape index (κ3) is 8.04. The number of halogens is 1. The molecule has 0 aromatic carbocycles. The molecule has 9 heteroatoms. The smallest absolute Gasteiger partial charge is 0.192 e. The van der Waals surface area contributed by atoms with E-state index >= 15 is 0 Å². The monoisotopic (exact) mass is 505 g/mol. The Bertz CT molecular complexity index is 611. The number of morpholine rings is 1. The van der Waals surface area contributed by atoms with Crippen molar-refractivity contribution in [2.45, 2.75) is 39.8 Å². The van der Waals surface area contributed by atoms with Gasteiger partial charge in [0.1, 0.15) is 12.4 Å². The topological polar surface area (TPSA) is 79.6 Å². The van der Waals surface area contributed by atoms with Gasteiger partial charge in [0.15, 0.2) is 11.8 Å². The van der Waals surface area contributed by atoms with Gasteiger partial charge in [-0.2, -0.15) is 0 Å². The molecule has 2 heterocycles. The van der Waals surface area contributed by atoms with Crippen LogP contribution in [0.15, 0.2) is 17.6 Å². The van der Waals surface area contributed by atoms with Crippen molar-refractivity contribution in [2.24, 2.45) is 18.0 Å². The number of nitrogens with zero attached hydrogens (tertiary/aromatic N) is 5. The van der Waals surface area contributed by atoms with Crippen LogP contribution < -0.4 is 10.6 Å². The third-order valence-electron chi connectivity index (χ3n) is 4.79. The van der Waals surface area contributed by atoms with Gasteiger partial charge >= 0.3 is 0 Å². The van der Waals surface area contributed by atoms with E-state index in [0.717, 1.165) is 56.9 Å². The average Bonchev–Trinajstić information content (AvgIpc) is 2.98. The molecule has 28 heavy (non-hydrogen) atoms. The molecule has 0 amide bonds. The molecule has 1 aromatic rings. The highest BCUT2D eigenvalue weighted by molar-refractivity contribution is 14.0. The van der Waals surface area contributed by atoms with E-state index in [9.17, 15) is 0 Å². The minimum Gasteiger partial charge on any atom is -0.379 e. The molecule has 1 saturated heterocycles. The SMILES string of the molecule is C=CCNC(=NCc1nnc(C)n1C)NCC(CC(C)C)N1CCOCC1.I. The Morgan fingerprint density at radius 3 is 2.57 bits per heavy atom. The van der Waals surface area contributed by atoms with Crippen LogP contribution in [0.5, 0.6) is 0 Å². The van der Waals surface area contributed by atoms with Crippen molar-refractivity contribution in [3.63, 3.8) is 0 Å². The average molecular weight is 505 g/mol. The standard InChI is InChI=1S/C19H35N7O.HI/c1-6-7-20-19(22-14-18-24-23-16(4)25(18)5)21-13-17(12-15(2)3)26-8-10-27-11-9-26;/h6,15,17H,1,7-14H2,2-5H3,(H2,20,21,22);1H. The van der Waals surface area contributed by atoms with Gasteiger partial charge in [0.05, 0.1) is 13.2 Å². The second kappa shape index (κ2) is 13.1. The van der Waals surface area contributed by atoms with Crippen molar-refractivity contribution in [2.75, 3.05) is 39.4 Å². The molecule has 1 atom stereocenters. The fourth-order valence-corrected chi connectivity index (χ4v) is 3.14. The van der Waals surface area contributed by atoms with Crippen LogP contribution in [-0.4, -0.2) is 71.1 Å². The summed E-state index contributed by atoms with van der Waals surface area (Å²) in [6, 6.07) is 0.460. The summed E-state index contributed by atoms with van der Waals surface area (Å²) in [6.07, 6.45) is 2.97. The van der Waals surface area contributed by atoms with E-state index in [1.165, 1.54) is 0 Å². The van der Waals surface area contributed by atoms with Crippen molar-refractivity contribution in [3.8, 4) is 0 Å².